The van der Waals surface area contributed by atoms with E-state index in [0.29, 0.717) is 23.4 Å². The van der Waals surface area contributed by atoms with Gasteiger partial charge in [0.2, 0.25) is 5.88 Å². The van der Waals surface area contributed by atoms with Crippen LogP contribution in [-0.4, -0.2) is 29.8 Å². The molecule has 0 bridgehead atoms. The van der Waals surface area contributed by atoms with E-state index in [1.807, 2.05) is 13.0 Å². The highest BCUT2D eigenvalue weighted by Gasteiger charge is 2.18. The van der Waals surface area contributed by atoms with Crippen molar-refractivity contribution in [1.29, 1.82) is 0 Å². The van der Waals surface area contributed by atoms with Gasteiger partial charge in [-0.3, -0.25) is 0 Å². The lowest BCUT2D eigenvalue weighted by Crippen LogP contribution is -2.18. The first-order valence-corrected chi connectivity index (χ1v) is 6.05. The van der Waals surface area contributed by atoms with Gasteiger partial charge in [0, 0.05) is 18.7 Å². The maximum absolute atomic E-state index is 5.70. The predicted molar refractivity (Wildman–Crippen MR) is 69.3 cm³/mol. The fourth-order valence-electron chi connectivity index (χ4n) is 1.85. The molecule has 0 saturated carbocycles. The summed E-state index contributed by atoms with van der Waals surface area (Å²) in [4.78, 5) is 4.52. The van der Waals surface area contributed by atoms with Crippen molar-refractivity contribution in [3.05, 3.63) is 23.4 Å². The molecule has 1 unspecified atom stereocenters. The zero-order valence-electron chi connectivity index (χ0n) is 9.81. The summed E-state index contributed by atoms with van der Waals surface area (Å²) in [6, 6.07) is 1.88. The summed E-state index contributed by atoms with van der Waals surface area (Å²) in [7, 11) is 0. The van der Waals surface area contributed by atoms with Crippen LogP contribution >= 0.6 is 12.2 Å². The fourth-order valence-corrected chi connectivity index (χ4v) is 2.10. The Morgan fingerprint density at radius 2 is 2.53 bits per heavy atom. The molecule has 92 valence electrons. The molecular weight excluding hydrogens is 236 g/mol. The molecule has 1 aromatic heterocycles. The van der Waals surface area contributed by atoms with Crippen LogP contribution in [-0.2, 0) is 4.74 Å². The van der Waals surface area contributed by atoms with E-state index in [-0.39, 0.29) is 0 Å². The number of aryl methyl sites for hydroxylation is 1. The van der Waals surface area contributed by atoms with Crippen LogP contribution in [0.4, 0.5) is 0 Å². The second-order valence-electron chi connectivity index (χ2n) is 4.21. The normalized spacial score (nSPS) is 19.2. The van der Waals surface area contributed by atoms with Gasteiger partial charge in [-0.25, -0.2) is 4.98 Å². The zero-order chi connectivity index (χ0) is 12.3. The van der Waals surface area contributed by atoms with Crippen molar-refractivity contribution in [2.75, 3.05) is 19.8 Å². The maximum atomic E-state index is 5.70. The number of aromatic nitrogens is 1. The third-order valence-corrected chi connectivity index (χ3v) is 3.05. The molecule has 2 heterocycles. The molecule has 1 aromatic rings. The maximum Gasteiger partial charge on any atom is 0.223 e. The van der Waals surface area contributed by atoms with E-state index in [0.717, 1.165) is 30.8 Å². The first-order valence-electron chi connectivity index (χ1n) is 5.64. The number of nitrogens with two attached hydrogens (primary N) is 1. The Morgan fingerprint density at radius 1 is 1.71 bits per heavy atom. The number of ether oxygens (including phenoxy) is 2. The summed E-state index contributed by atoms with van der Waals surface area (Å²) in [6.07, 6.45) is 2.74. The van der Waals surface area contributed by atoms with Gasteiger partial charge in [-0.2, -0.15) is 0 Å². The van der Waals surface area contributed by atoms with Crippen molar-refractivity contribution >= 4 is 17.2 Å². The Hall–Kier alpha value is -1.20. The van der Waals surface area contributed by atoms with Crippen LogP contribution < -0.4 is 10.5 Å². The van der Waals surface area contributed by atoms with E-state index in [4.69, 9.17) is 27.4 Å². The van der Waals surface area contributed by atoms with Crippen LogP contribution in [0, 0.1) is 12.8 Å². The van der Waals surface area contributed by atoms with E-state index in [9.17, 15) is 0 Å². The van der Waals surface area contributed by atoms with Crippen molar-refractivity contribution in [1.82, 2.24) is 4.98 Å². The Bertz CT molecular complexity index is 417. The monoisotopic (exact) mass is 252 g/mol. The van der Waals surface area contributed by atoms with Crippen molar-refractivity contribution < 1.29 is 9.47 Å². The minimum Gasteiger partial charge on any atom is -0.477 e. The van der Waals surface area contributed by atoms with Gasteiger partial charge in [-0.05, 0) is 25.0 Å². The first kappa shape index (κ1) is 12.3. The molecule has 1 fully saturated rings. The minimum atomic E-state index is 0.327. The smallest absolute Gasteiger partial charge is 0.223 e. The lowest BCUT2D eigenvalue weighted by atomic mass is 10.1. The molecule has 0 amide bonds. The summed E-state index contributed by atoms with van der Waals surface area (Å²) in [5.74, 6) is 0.973. The molecule has 0 spiro atoms. The van der Waals surface area contributed by atoms with Crippen molar-refractivity contribution in [3.63, 3.8) is 0 Å². The van der Waals surface area contributed by atoms with Crippen molar-refractivity contribution in [2.24, 2.45) is 11.7 Å². The van der Waals surface area contributed by atoms with Crippen LogP contribution in [0.1, 0.15) is 17.5 Å². The third kappa shape index (κ3) is 2.92. The predicted octanol–water partition coefficient (Wildman–Crippen LogP) is 1.44. The molecule has 1 saturated heterocycles. The number of rotatable bonds is 4. The molecule has 0 aromatic carbocycles. The fraction of sp³-hybridized carbons (Fsp3) is 0.500. The second-order valence-corrected chi connectivity index (χ2v) is 4.65. The first-order chi connectivity index (χ1) is 8.18. The Morgan fingerprint density at radius 3 is 3.18 bits per heavy atom. The Labute approximate surface area is 106 Å². The highest BCUT2D eigenvalue weighted by atomic mass is 32.1. The van der Waals surface area contributed by atoms with E-state index >= 15 is 0 Å². The number of hydrogen-bond acceptors (Lipinski definition) is 4. The second kappa shape index (κ2) is 5.42. The third-order valence-electron chi connectivity index (χ3n) is 2.85. The highest BCUT2D eigenvalue weighted by molar-refractivity contribution is 7.80. The van der Waals surface area contributed by atoms with E-state index < -0.39 is 0 Å². The van der Waals surface area contributed by atoms with E-state index in [2.05, 4.69) is 4.98 Å². The van der Waals surface area contributed by atoms with Gasteiger partial charge in [0.25, 0.3) is 0 Å². The van der Waals surface area contributed by atoms with E-state index in [1.54, 1.807) is 6.20 Å². The molecule has 17 heavy (non-hydrogen) atoms. The molecule has 4 nitrogen and oxygen atoms in total. The SMILES string of the molecule is Cc1ccnc(OCC2CCOC2)c1C(N)=S. The summed E-state index contributed by atoms with van der Waals surface area (Å²) >= 11 is 5.02. The molecule has 2 rings (SSSR count). The van der Waals surface area contributed by atoms with Crippen LogP contribution in [0.25, 0.3) is 0 Å². The molecular formula is C12H16N2O2S. The largest absolute Gasteiger partial charge is 0.477 e. The van der Waals surface area contributed by atoms with Gasteiger partial charge in [0.1, 0.15) is 4.99 Å². The van der Waals surface area contributed by atoms with Gasteiger partial charge in [0.15, 0.2) is 0 Å². The van der Waals surface area contributed by atoms with Gasteiger partial charge >= 0.3 is 0 Å². The molecule has 5 heteroatoms. The standard InChI is InChI=1S/C12H16N2O2S/c1-8-2-4-14-12(10(8)11(13)17)16-7-9-3-5-15-6-9/h2,4,9H,3,5-7H2,1H3,(H2,13,17). The molecule has 1 atom stereocenters. The van der Waals surface area contributed by atoms with Gasteiger partial charge in [-0.1, -0.05) is 12.2 Å². The molecule has 1 aliphatic heterocycles. The number of thiocarbonyl (C=S) groups is 1. The van der Waals surface area contributed by atoms with E-state index in [1.165, 1.54) is 0 Å². The van der Waals surface area contributed by atoms with Crippen molar-refractivity contribution in [3.8, 4) is 5.88 Å². The zero-order valence-corrected chi connectivity index (χ0v) is 10.6. The lowest BCUT2D eigenvalue weighted by molar-refractivity contribution is 0.165. The molecule has 0 aliphatic carbocycles. The Balaban J connectivity index is 2.09. The van der Waals surface area contributed by atoms with Crippen LogP contribution in [0.3, 0.4) is 0 Å². The molecule has 2 N–H and O–H groups in total. The quantitative estimate of drug-likeness (QED) is 0.822. The summed E-state index contributed by atoms with van der Waals surface area (Å²) in [5.41, 5.74) is 7.41. The topological polar surface area (TPSA) is 57.4 Å². The van der Waals surface area contributed by atoms with Gasteiger partial charge < -0.3 is 15.2 Å². The summed E-state index contributed by atoms with van der Waals surface area (Å²) < 4.78 is 11.0. The average Bonchev–Trinajstić information content (AvgIpc) is 2.78. The number of hydrogen-bond donors (Lipinski definition) is 1. The van der Waals surface area contributed by atoms with Crippen LogP contribution in [0.2, 0.25) is 0 Å². The highest BCUT2D eigenvalue weighted by Crippen LogP contribution is 2.21. The van der Waals surface area contributed by atoms with Gasteiger partial charge in [0.05, 0.1) is 18.8 Å². The van der Waals surface area contributed by atoms with Crippen molar-refractivity contribution in [2.45, 2.75) is 13.3 Å². The molecule has 1 aliphatic rings. The molecule has 0 radical (unpaired) electrons. The lowest BCUT2D eigenvalue weighted by Gasteiger charge is -2.13. The summed E-state index contributed by atoms with van der Waals surface area (Å²) in [5, 5.41) is 0. The van der Waals surface area contributed by atoms with Gasteiger partial charge in [-0.15, -0.1) is 0 Å². The number of nitrogens with zero attached hydrogens (tertiary/aromatic N) is 1. The minimum absolute atomic E-state index is 0.327. The van der Waals surface area contributed by atoms with Crippen LogP contribution in [0.15, 0.2) is 12.3 Å². The average molecular weight is 252 g/mol. The summed E-state index contributed by atoms with van der Waals surface area (Å²) in [6.45, 7) is 4.12. The Kier molecular flexibility index (Phi) is 3.91. The number of pyridine rings is 1. The van der Waals surface area contributed by atoms with Crippen LogP contribution in [0.5, 0.6) is 5.88 Å².